The molecule has 1 aliphatic heterocycles. The molecule has 2 atom stereocenters. The first-order valence-electron chi connectivity index (χ1n) is 5.09. The van der Waals surface area contributed by atoms with Crippen molar-refractivity contribution in [3.8, 4) is 0 Å². The Morgan fingerprint density at radius 2 is 2.12 bits per heavy atom. The summed E-state index contributed by atoms with van der Waals surface area (Å²) in [6, 6.07) is -0.322. The zero-order valence-corrected chi connectivity index (χ0v) is 9.92. The van der Waals surface area contributed by atoms with E-state index in [1.807, 2.05) is 0 Å². The fourth-order valence-corrected chi connectivity index (χ4v) is 3.25. The number of hydrogen-bond acceptors (Lipinski definition) is 4. The minimum atomic E-state index is -2.99. The average molecular weight is 248 g/mol. The highest BCUT2D eigenvalue weighted by Gasteiger charge is 2.29. The Morgan fingerprint density at radius 3 is 2.56 bits per heavy atom. The van der Waals surface area contributed by atoms with E-state index in [9.17, 15) is 18.0 Å². The summed E-state index contributed by atoms with van der Waals surface area (Å²) in [6.45, 7) is 1.56. The molecule has 2 unspecified atom stereocenters. The molecule has 92 valence electrons. The van der Waals surface area contributed by atoms with Gasteiger partial charge in [0, 0.05) is 18.4 Å². The Kier molecular flexibility index (Phi) is 3.90. The van der Waals surface area contributed by atoms with Crippen molar-refractivity contribution in [2.45, 2.75) is 25.8 Å². The van der Waals surface area contributed by atoms with Gasteiger partial charge in [0.15, 0.2) is 9.84 Å². The van der Waals surface area contributed by atoms with Gasteiger partial charge in [0.25, 0.3) is 0 Å². The van der Waals surface area contributed by atoms with Crippen molar-refractivity contribution in [1.82, 2.24) is 5.32 Å². The van der Waals surface area contributed by atoms with Gasteiger partial charge in [0.05, 0.1) is 11.5 Å². The Hall–Kier alpha value is -1.11. The summed E-state index contributed by atoms with van der Waals surface area (Å²) >= 11 is 0. The second kappa shape index (κ2) is 4.82. The van der Waals surface area contributed by atoms with E-state index in [0.29, 0.717) is 6.42 Å². The summed E-state index contributed by atoms with van der Waals surface area (Å²) in [6.07, 6.45) is 0.449. The van der Waals surface area contributed by atoms with Gasteiger partial charge in [0.2, 0.25) is 11.8 Å². The molecule has 16 heavy (non-hydrogen) atoms. The van der Waals surface area contributed by atoms with E-state index in [2.05, 4.69) is 5.32 Å². The molecule has 0 bridgehead atoms. The third-order valence-electron chi connectivity index (χ3n) is 2.57. The van der Waals surface area contributed by atoms with Crippen LogP contribution in [0.5, 0.6) is 0 Å². The molecule has 0 aromatic heterocycles. The number of amides is 2. The lowest BCUT2D eigenvalue weighted by Gasteiger charge is -2.12. The predicted octanol–water partition coefficient (Wildman–Crippen LogP) is -1.20. The Morgan fingerprint density at radius 1 is 1.50 bits per heavy atom. The van der Waals surface area contributed by atoms with E-state index >= 15 is 0 Å². The van der Waals surface area contributed by atoms with Crippen LogP contribution in [-0.2, 0) is 19.4 Å². The zero-order chi connectivity index (χ0) is 12.3. The molecule has 1 rings (SSSR count). The lowest BCUT2D eigenvalue weighted by Crippen LogP contribution is -2.37. The van der Waals surface area contributed by atoms with Crippen LogP contribution in [0.25, 0.3) is 0 Å². The van der Waals surface area contributed by atoms with E-state index in [4.69, 9.17) is 5.73 Å². The standard InChI is InChI=1S/C9H16N2O4S/c1-6(9(10)13)4-8(12)11-7-2-3-16(14,15)5-7/h6-7H,2-5H2,1H3,(H2,10,13)(H,11,12). The second-order valence-corrected chi connectivity index (χ2v) is 6.40. The maximum absolute atomic E-state index is 11.4. The Bertz CT molecular complexity index is 390. The maximum Gasteiger partial charge on any atom is 0.221 e. The van der Waals surface area contributed by atoms with Gasteiger partial charge in [-0.05, 0) is 6.42 Å². The Labute approximate surface area is 94.5 Å². The average Bonchev–Trinajstić information content (AvgIpc) is 2.44. The molecule has 0 aromatic rings. The van der Waals surface area contributed by atoms with Crippen LogP contribution in [0.1, 0.15) is 19.8 Å². The number of carbonyl (C=O) groups is 2. The van der Waals surface area contributed by atoms with Gasteiger partial charge < -0.3 is 11.1 Å². The molecule has 0 aromatic carbocycles. The second-order valence-electron chi connectivity index (χ2n) is 4.18. The summed E-state index contributed by atoms with van der Waals surface area (Å²) in [5.74, 6) is -1.28. The third kappa shape index (κ3) is 3.80. The molecule has 0 aliphatic carbocycles. The minimum Gasteiger partial charge on any atom is -0.369 e. The monoisotopic (exact) mass is 248 g/mol. The molecule has 0 spiro atoms. The number of nitrogens with two attached hydrogens (primary N) is 1. The van der Waals surface area contributed by atoms with E-state index in [-0.39, 0.29) is 29.9 Å². The topological polar surface area (TPSA) is 106 Å². The lowest BCUT2D eigenvalue weighted by molar-refractivity contribution is -0.128. The summed E-state index contributed by atoms with van der Waals surface area (Å²) in [5, 5.41) is 2.59. The highest BCUT2D eigenvalue weighted by molar-refractivity contribution is 7.91. The molecule has 3 N–H and O–H groups in total. The molecule has 1 fully saturated rings. The van der Waals surface area contributed by atoms with Crippen LogP contribution in [0.4, 0.5) is 0 Å². The van der Waals surface area contributed by atoms with Gasteiger partial charge in [-0.3, -0.25) is 9.59 Å². The first-order chi connectivity index (χ1) is 7.30. The van der Waals surface area contributed by atoms with E-state index in [1.54, 1.807) is 6.92 Å². The van der Waals surface area contributed by atoms with E-state index in [0.717, 1.165) is 0 Å². The summed E-state index contributed by atoms with van der Waals surface area (Å²) in [7, 11) is -2.99. The van der Waals surface area contributed by atoms with E-state index < -0.39 is 21.7 Å². The highest BCUT2D eigenvalue weighted by Crippen LogP contribution is 2.12. The highest BCUT2D eigenvalue weighted by atomic mass is 32.2. The number of nitrogens with one attached hydrogen (secondary N) is 1. The maximum atomic E-state index is 11.4. The van der Waals surface area contributed by atoms with E-state index in [1.165, 1.54) is 0 Å². The van der Waals surface area contributed by atoms with Gasteiger partial charge in [-0.1, -0.05) is 6.92 Å². The summed E-state index contributed by atoms with van der Waals surface area (Å²) in [4.78, 5) is 22.1. The zero-order valence-electron chi connectivity index (χ0n) is 9.10. The number of rotatable bonds is 4. The van der Waals surface area contributed by atoms with Crippen molar-refractivity contribution in [3.63, 3.8) is 0 Å². The first-order valence-corrected chi connectivity index (χ1v) is 6.91. The van der Waals surface area contributed by atoms with Crippen LogP contribution in [-0.4, -0.2) is 37.8 Å². The van der Waals surface area contributed by atoms with Crippen molar-refractivity contribution >= 4 is 21.7 Å². The van der Waals surface area contributed by atoms with Crippen molar-refractivity contribution in [3.05, 3.63) is 0 Å². The smallest absolute Gasteiger partial charge is 0.221 e. The van der Waals surface area contributed by atoms with Crippen LogP contribution < -0.4 is 11.1 Å². The van der Waals surface area contributed by atoms with Crippen LogP contribution in [0.15, 0.2) is 0 Å². The van der Waals surface area contributed by atoms with Crippen molar-refractivity contribution < 1.29 is 18.0 Å². The number of primary amides is 1. The van der Waals surface area contributed by atoms with Gasteiger partial charge in [-0.2, -0.15) is 0 Å². The number of carbonyl (C=O) groups excluding carboxylic acids is 2. The molecule has 0 saturated carbocycles. The number of sulfone groups is 1. The number of hydrogen-bond donors (Lipinski definition) is 2. The van der Waals surface area contributed by atoms with Crippen LogP contribution in [0.2, 0.25) is 0 Å². The van der Waals surface area contributed by atoms with Gasteiger partial charge in [-0.25, -0.2) is 8.42 Å². The molecule has 7 heteroatoms. The van der Waals surface area contributed by atoms with Gasteiger partial charge >= 0.3 is 0 Å². The van der Waals surface area contributed by atoms with Gasteiger partial charge in [-0.15, -0.1) is 0 Å². The summed E-state index contributed by atoms with van der Waals surface area (Å²) < 4.78 is 22.3. The molecule has 0 radical (unpaired) electrons. The van der Waals surface area contributed by atoms with Gasteiger partial charge in [0.1, 0.15) is 0 Å². The predicted molar refractivity (Wildman–Crippen MR) is 58.2 cm³/mol. The van der Waals surface area contributed by atoms with Crippen LogP contribution in [0, 0.1) is 5.92 Å². The molecule has 6 nitrogen and oxygen atoms in total. The van der Waals surface area contributed by atoms with Crippen molar-refractivity contribution in [2.24, 2.45) is 11.7 Å². The summed E-state index contributed by atoms with van der Waals surface area (Å²) in [5.41, 5.74) is 5.02. The molecular weight excluding hydrogens is 232 g/mol. The largest absolute Gasteiger partial charge is 0.369 e. The lowest BCUT2D eigenvalue weighted by atomic mass is 10.1. The normalized spacial score (nSPS) is 24.9. The van der Waals surface area contributed by atoms with Crippen molar-refractivity contribution in [2.75, 3.05) is 11.5 Å². The third-order valence-corrected chi connectivity index (χ3v) is 4.34. The Balaban J connectivity index is 2.39. The van der Waals surface area contributed by atoms with Crippen LogP contribution >= 0.6 is 0 Å². The fraction of sp³-hybridized carbons (Fsp3) is 0.778. The molecule has 2 amide bonds. The van der Waals surface area contributed by atoms with Crippen molar-refractivity contribution in [1.29, 1.82) is 0 Å². The quantitative estimate of drug-likeness (QED) is 0.651. The first kappa shape index (κ1) is 13.0. The molecule has 1 heterocycles. The SMILES string of the molecule is CC(CC(=O)NC1CCS(=O)(=O)C1)C(N)=O. The minimum absolute atomic E-state index is 0.00583. The fourth-order valence-electron chi connectivity index (χ4n) is 1.57. The van der Waals surface area contributed by atoms with Crippen LogP contribution in [0.3, 0.4) is 0 Å². The molecule has 1 saturated heterocycles. The molecule has 1 aliphatic rings. The molecular formula is C9H16N2O4S.